The summed E-state index contributed by atoms with van der Waals surface area (Å²) in [6.45, 7) is 3.72. The van der Waals surface area contributed by atoms with Crippen molar-refractivity contribution in [2.45, 2.75) is 25.1 Å². The van der Waals surface area contributed by atoms with E-state index in [0.717, 1.165) is 0 Å². The molecule has 0 fully saturated rings. The highest BCUT2D eigenvalue weighted by Gasteiger charge is 2.29. The predicted octanol–water partition coefficient (Wildman–Crippen LogP) is 0.0311. The molecule has 0 spiro atoms. The van der Waals surface area contributed by atoms with Crippen LogP contribution in [0.1, 0.15) is 29.9 Å². The number of rotatable bonds is 6. The Bertz CT molecular complexity index is 575. The fraction of sp³-hybridized carbons (Fsp3) is 0.636. The smallest absolute Gasteiger partial charge is 0.339 e. The van der Waals surface area contributed by atoms with Gasteiger partial charge in [-0.2, -0.15) is 5.10 Å². The summed E-state index contributed by atoms with van der Waals surface area (Å²) in [6, 6.07) is 0. The fourth-order valence-corrected chi connectivity index (χ4v) is 1.83. The Morgan fingerprint density at radius 2 is 2.11 bits per heavy atom. The van der Waals surface area contributed by atoms with Gasteiger partial charge in [0.05, 0.1) is 16.6 Å². The maximum absolute atomic E-state index is 11.5. The van der Waals surface area contributed by atoms with E-state index in [1.807, 2.05) is 0 Å². The molecule has 0 atom stereocenters. The number of nitrogens with one attached hydrogen (secondary N) is 1. The van der Waals surface area contributed by atoms with E-state index in [4.69, 9.17) is 5.11 Å². The van der Waals surface area contributed by atoms with E-state index in [-0.39, 0.29) is 18.7 Å². The average molecular weight is 289 g/mol. The van der Waals surface area contributed by atoms with Crippen LogP contribution < -0.4 is 5.32 Å². The minimum atomic E-state index is -3.18. The van der Waals surface area contributed by atoms with Gasteiger partial charge in [-0.15, -0.1) is 0 Å². The van der Waals surface area contributed by atoms with E-state index in [2.05, 4.69) is 10.4 Å². The second kappa shape index (κ2) is 5.30. The summed E-state index contributed by atoms with van der Waals surface area (Å²) in [7, 11) is -1.54. The molecule has 1 aromatic rings. The molecule has 0 amide bonds. The molecule has 0 bridgehead atoms. The number of aryl methyl sites for hydroxylation is 1. The van der Waals surface area contributed by atoms with Crippen LogP contribution in [-0.2, 0) is 23.4 Å². The van der Waals surface area contributed by atoms with Crippen LogP contribution in [0.4, 0.5) is 0 Å². The molecular weight excluding hydrogens is 270 g/mol. The molecule has 0 aliphatic heterocycles. The molecule has 1 aromatic heterocycles. The third kappa shape index (κ3) is 3.54. The van der Waals surface area contributed by atoms with E-state index in [9.17, 15) is 13.2 Å². The van der Waals surface area contributed by atoms with Crippen molar-refractivity contribution in [3.05, 3.63) is 17.5 Å². The molecule has 1 heterocycles. The molecule has 0 radical (unpaired) electrons. The highest BCUT2D eigenvalue weighted by atomic mass is 32.2. The van der Waals surface area contributed by atoms with Gasteiger partial charge in [-0.1, -0.05) is 0 Å². The van der Waals surface area contributed by atoms with E-state index >= 15 is 0 Å². The third-order valence-corrected chi connectivity index (χ3v) is 5.29. The van der Waals surface area contributed by atoms with Gasteiger partial charge in [0, 0.05) is 26.4 Å². The quantitative estimate of drug-likeness (QED) is 0.766. The van der Waals surface area contributed by atoms with Crippen LogP contribution >= 0.6 is 0 Å². The van der Waals surface area contributed by atoms with Crippen LogP contribution in [0.3, 0.4) is 0 Å². The Morgan fingerprint density at radius 1 is 1.53 bits per heavy atom. The molecule has 2 N–H and O–H groups in total. The second-order valence-corrected chi connectivity index (χ2v) is 7.72. The zero-order valence-corrected chi connectivity index (χ0v) is 12.3. The molecule has 0 aromatic carbocycles. The molecule has 108 valence electrons. The third-order valence-electron chi connectivity index (χ3n) is 3.14. The standard InChI is InChI=1S/C11H19N3O4S/c1-11(2,19(4,17)18)7-12-6-9-8(10(15)16)5-13-14(9)3/h5,12H,6-7H2,1-4H3,(H,15,16). The Morgan fingerprint density at radius 3 is 2.58 bits per heavy atom. The summed E-state index contributed by atoms with van der Waals surface area (Å²) >= 11 is 0. The van der Waals surface area contributed by atoms with Gasteiger partial charge in [0.2, 0.25) is 0 Å². The first-order valence-corrected chi connectivity index (χ1v) is 7.60. The minimum absolute atomic E-state index is 0.118. The van der Waals surface area contributed by atoms with Gasteiger partial charge in [-0.3, -0.25) is 4.68 Å². The van der Waals surface area contributed by atoms with Gasteiger partial charge >= 0.3 is 5.97 Å². The Hall–Kier alpha value is -1.41. The normalized spacial score (nSPS) is 12.6. The molecule has 1 rings (SSSR count). The van der Waals surface area contributed by atoms with Gasteiger partial charge < -0.3 is 10.4 Å². The Kier molecular flexibility index (Phi) is 4.36. The van der Waals surface area contributed by atoms with Crippen molar-refractivity contribution < 1.29 is 18.3 Å². The van der Waals surface area contributed by atoms with E-state index < -0.39 is 20.6 Å². The summed E-state index contributed by atoms with van der Waals surface area (Å²) < 4.78 is 23.6. The number of carbonyl (C=O) groups is 1. The van der Waals surface area contributed by atoms with Crippen molar-refractivity contribution in [1.29, 1.82) is 0 Å². The van der Waals surface area contributed by atoms with Gasteiger partial charge in [0.15, 0.2) is 9.84 Å². The largest absolute Gasteiger partial charge is 0.478 e. The Labute approximate surface area is 112 Å². The number of aromatic nitrogens is 2. The lowest BCUT2D eigenvalue weighted by molar-refractivity contribution is 0.0695. The molecule has 0 unspecified atom stereocenters. The summed E-state index contributed by atoms with van der Waals surface area (Å²) in [6.07, 6.45) is 2.46. The predicted molar refractivity (Wildman–Crippen MR) is 70.8 cm³/mol. The van der Waals surface area contributed by atoms with E-state index in [0.29, 0.717) is 5.69 Å². The van der Waals surface area contributed by atoms with Gasteiger partial charge in [-0.05, 0) is 13.8 Å². The number of carboxylic acid groups (broad SMARTS) is 1. The molecule has 7 nitrogen and oxygen atoms in total. The highest BCUT2D eigenvalue weighted by Crippen LogP contribution is 2.14. The van der Waals surface area contributed by atoms with Gasteiger partial charge in [-0.25, -0.2) is 13.2 Å². The minimum Gasteiger partial charge on any atom is -0.478 e. The summed E-state index contributed by atoms with van der Waals surface area (Å²) in [4.78, 5) is 11.0. The number of nitrogens with zero attached hydrogens (tertiary/aromatic N) is 2. The average Bonchev–Trinajstić information content (AvgIpc) is 2.58. The molecule has 8 heteroatoms. The van der Waals surface area contributed by atoms with Crippen LogP contribution in [0.15, 0.2) is 6.20 Å². The number of aromatic carboxylic acids is 1. The van der Waals surface area contributed by atoms with Crippen molar-refractivity contribution in [3.63, 3.8) is 0 Å². The molecule has 0 saturated heterocycles. The Balaban J connectivity index is 2.74. The summed E-state index contributed by atoms with van der Waals surface area (Å²) in [5, 5.41) is 15.8. The van der Waals surface area contributed by atoms with Crippen LogP contribution in [0.5, 0.6) is 0 Å². The number of carboxylic acids is 1. The van der Waals surface area contributed by atoms with Crippen molar-refractivity contribution >= 4 is 15.8 Å². The second-order valence-electron chi connectivity index (χ2n) is 5.07. The van der Waals surface area contributed by atoms with E-state index in [1.165, 1.54) is 17.1 Å². The molecule has 0 aliphatic carbocycles. The van der Waals surface area contributed by atoms with Gasteiger partial charge in [0.25, 0.3) is 0 Å². The number of sulfone groups is 1. The summed E-state index contributed by atoms with van der Waals surface area (Å²) in [5.41, 5.74) is 0.629. The first-order valence-electron chi connectivity index (χ1n) is 5.71. The maximum Gasteiger partial charge on any atom is 0.339 e. The molecule has 0 saturated carbocycles. The summed E-state index contributed by atoms with van der Waals surface area (Å²) in [5.74, 6) is -1.05. The van der Waals surface area contributed by atoms with Crippen LogP contribution in [-0.4, -0.2) is 46.8 Å². The topological polar surface area (TPSA) is 101 Å². The van der Waals surface area contributed by atoms with Crippen molar-refractivity contribution in [2.75, 3.05) is 12.8 Å². The monoisotopic (exact) mass is 289 g/mol. The van der Waals surface area contributed by atoms with Gasteiger partial charge in [0.1, 0.15) is 5.56 Å². The fourth-order valence-electron chi connectivity index (χ4n) is 1.46. The maximum atomic E-state index is 11.5. The van der Waals surface area contributed by atoms with Crippen molar-refractivity contribution in [3.8, 4) is 0 Å². The molecule has 19 heavy (non-hydrogen) atoms. The lowest BCUT2D eigenvalue weighted by atomic mass is 10.2. The SMILES string of the molecule is Cn1ncc(C(=O)O)c1CNCC(C)(C)S(C)(=O)=O. The first kappa shape index (κ1) is 15.6. The van der Waals surface area contributed by atoms with Crippen LogP contribution in [0.2, 0.25) is 0 Å². The first-order chi connectivity index (χ1) is 8.56. The van der Waals surface area contributed by atoms with Crippen LogP contribution in [0.25, 0.3) is 0 Å². The van der Waals surface area contributed by atoms with Crippen LogP contribution in [0, 0.1) is 0 Å². The lowest BCUT2D eigenvalue weighted by Crippen LogP contribution is -2.41. The lowest BCUT2D eigenvalue weighted by Gasteiger charge is -2.22. The number of hydrogen-bond donors (Lipinski definition) is 2. The zero-order chi connectivity index (χ0) is 14.8. The number of hydrogen-bond acceptors (Lipinski definition) is 5. The van der Waals surface area contributed by atoms with Crippen molar-refractivity contribution in [1.82, 2.24) is 15.1 Å². The van der Waals surface area contributed by atoms with Crippen molar-refractivity contribution in [2.24, 2.45) is 7.05 Å². The zero-order valence-electron chi connectivity index (χ0n) is 11.5. The molecule has 0 aliphatic rings. The van der Waals surface area contributed by atoms with E-state index in [1.54, 1.807) is 20.9 Å². The highest BCUT2D eigenvalue weighted by molar-refractivity contribution is 7.92. The molecular formula is C11H19N3O4S.